The Balaban J connectivity index is 1.40. The van der Waals surface area contributed by atoms with E-state index >= 15 is 0 Å². The average molecular weight is 406 g/mol. The molecule has 1 aromatic heterocycles. The van der Waals surface area contributed by atoms with Crippen LogP contribution in [-0.2, 0) is 4.74 Å². The van der Waals surface area contributed by atoms with Gasteiger partial charge in [-0.15, -0.1) is 0 Å². The minimum Gasteiger partial charge on any atom is -0.493 e. The second-order valence-electron chi connectivity index (χ2n) is 8.95. The highest BCUT2D eigenvalue weighted by atomic mass is 16.5. The first-order valence-electron chi connectivity index (χ1n) is 10.6. The van der Waals surface area contributed by atoms with Crippen LogP contribution in [0.15, 0.2) is 52.9 Å². The molecule has 2 aromatic carbocycles. The van der Waals surface area contributed by atoms with Gasteiger partial charge in [0.1, 0.15) is 17.1 Å². The Bertz CT molecular complexity index is 1010. The summed E-state index contributed by atoms with van der Waals surface area (Å²) < 4.78 is 17.9. The quantitative estimate of drug-likeness (QED) is 0.485. The molecule has 0 aliphatic carbocycles. The Kier molecular flexibility index (Phi) is 5.87. The van der Waals surface area contributed by atoms with Crippen LogP contribution in [0.25, 0.3) is 23.1 Å². The van der Waals surface area contributed by atoms with Crippen molar-refractivity contribution in [3.63, 3.8) is 0 Å². The van der Waals surface area contributed by atoms with Crippen molar-refractivity contribution in [2.75, 3.05) is 32.2 Å². The van der Waals surface area contributed by atoms with Crippen molar-refractivity contribution in [1.29, 1.82) is 0 Å². The van der Waals surface area contributed by atoms with E-state index in [1.807, 2.05) is 32.3 Å². The zero-order chi connectivity index (χ0) is 21.1. The number of anilines is 1. The van der Waals surface area contributed by atoms with E-state index in [-0.39, 0.29) is 5.60 Å². The summed E-state index contributed by atoms with van der Waals surface area (Å²) >= 11 is 0. The zero-order valence-corrected chi connectivity index (χ0v) is 18.4. The number of hydrogen-bond acceptors (Lipinski definition) is 4. The van der Waals surface area contributed by atoms with Crippen molar-refractivity contribution < 1.29 is 13.9 Å². The summed E-state index contributed by atoms with van der Waals surface area (Å²) in [6.45, 7) is 5.85. The lowest BCUT2D eigenvalue weighted by molar-refractivity contribution is -0.0785. The Labute approximate surface area is 179 Å². The van der Waals surface area contributed by atoms with Gasteiger partial charge in [0, 0.05) is 31.8 Å². The minimum atomic E-state index is -0.0468. The monoisotopic (exact) mass is 405 g/mol. The molecule has 0 amide bonds. The number of nitrogens with zero attached hydrogens (tertiary/aromatic N) is 1. The lowest BCUT2D eigenvalue weighted by atomic mass is 9.89. The Morgan fingerprint density at radius 1 is 1.07 bits per heavy atom. The van der Waals surface area contributed by atoms with Crippen LogP contribution in [0.1, 0.15) is 38.0 Å². The van der Waals surface area contributed by atoms with Gasteiger partial charge in [0.25, 0.3) is 0 Å². The molecule has 0 radical (unpaired) electrons. The van der Waals surface area contributed by atoms with E-state index in [1.165, 1.54) is 5.69 Å². The third kappa shape index (κ3) is 5.06. The molecule has 4 heteroatoms. The van der Waals surface area contributed by atoms with Gasteiger partial charge in [0.05, 0.1) is 12.2 Å². The molecule has 0 spiro atoms. The highest BCUT2D eigenvalue weighted by Gasteiger charge is 2.29. The zero-order valence-electron chi connectivity index (χ0n) is 18.4. The largest absolute Gasteiger partial charge is 0.493 e. The van der Waals surface area contributed by atoms with Gasteiger partial charge in [-0.3, -0.25) is 0 Å². The van der Waals surface area contributed by atoms with Gasteiger partial charge in [-0.1, -0.05) is 18.2 Å². The van der Waals surface area contributed by atoms with Crippen LogP contribution in [0, 0.1) is 5.92 Å². The summed E-state index contributed by atoms with van der Waals surface area (Å²) in [5.41, 5.74) is 3.16. The van der Waals surface area contributed by atoms with Crippen LogP contribution in [0.5, 0.6) is 5.75 Å². The Morgan fingerprint density at radius 2 is 1.87 bits per heavy atom. The predicted molar refractivity (Wildman–Crippen MR) is 124 cm³/mol. The molecule has 1 aliphatic heterocycles. The number of benzene rings is 2. The summed E-state index contributed by atoms with van der Waals surface area (Å²) in [4.78, 5) is 2.09. The van der Waals surface area contributed by atoms with E-state index < -0.39 is 0 Å². The van der Waals surface area contributed by atoms with E-state index in [2.05, 4.69) is 61.2 Å². The minimum absolute atomic E-state index is 0.0468. The highest BCUT2D eigenvalue weighted by Crippen LogP contribution is 2.30. The maximum atomic E-state index is 6.10. The van der Waals surface area contributed by atoms with Crippen molar-refractivity contribution in [3.8, 4) is 5.75 Å². The van der Waals surface area contributed by atoms with E-state index in [0.717, 1.165) is 54.1 Å². The van der Waals surface area contributed by atoms with Gasteiger partial charge < -0.3 is 18.8 Å². The van der Waals surface area contributed by atoms with Crippen LogP contribution >= 0.6 is 0 Å². The summed E-state index contributed by atoms with van der Waals surface area (Å²) in [5, 5.41) is 1.06. The molecular formula is C26H31NO3. The lowest BCUT2D eigenvalue weighted by Gasteiger charge is -2.35. The number of furan rings is 1. The van der Waals surface area contributed by atoms with Crippen molar-refractivity contribution in [2.24, 2.45) is 5.92 Å². The molecule has 158 valence electrons. The molecule has 3 aromatic rings. The molecule has 30 heavy (non-hydrogen) atoms. The molecule has 1 atom stereocenters. The normalized spacial score (nSPS) is 18.7. The molecule has 1 unspecified atom stereocenters. The van der Waals surface area contributed by atoms with Crippen LogP contribution in [0.4, 0.5) is 5.69 Å². The van der Waals surface area contributed by atoms with E-state index in [1.54, 1.807) is 0 Å². The van der Waals surface area contributed by atoms with Crippen LogP contribution < -0.4 is 9.64 Å². The first-order chi connectivity index (χ1) is 14.4. The molecule has 0 saturated carbocycles. The summed E-state index contributed by atoms with van der Waals surface area (Å²) in [6.07, 6.45) is 6.17. The van der Waals surface area contributed by atoms with Crippen molar-refractivity contribution in [2.45, 2.75) is 32.3 Å². The second-order valence-corrected chi connectivity index (χ2v) is 8.95. The third-order valence-electron chi connectivity index (χ3n) is 5.64. The summed E-state index contributed by atoms with van der Waals surface area (Å²) in [5.74, 6) is 2.26. The van der Waals surface area contributed by atoms with Gasteiger partial charge >= 0.3 is 0 Å². The van der Waals surface area contributed by atoms with Crippen molar-refractivity contribution in [1.82, 2.24) is 0 Å². The fraction of sp³-hybridized carbons (Fsp3) is 0.385. The third-order valence-corrected chi connectivity index (χ3v) is 5.64. The van der Waals surface area contributed by atoms with Crippen molar-refractivity contribution in [3.05, 3.63) is 59.9 Å². The molecule has 0 bridgehead atoms. The average Bonchev–Trinajstić information content (AvgIpc) is 3.12. The molecule has 1 aliphatic rings. The van der Waals surface area contributed by atoms with Crippen LogP contribution in [0.2, 0.25) is 0 Å². The van der Waals surface area contributed by atoms with E-state index in [0.29, 0.717) is 5.92 Å². The molecule has 4 nitrogen and oxygen atoms in total. The fourth-order valence-electron chi connectivity index (χ4n) is 3.99. The molecule has 4 rings (SSSR count). The molecule has 1 fully saturated rings. The van der Waals surface area contributed by atoms with E-state index in [9.17, 15) is 0 Å². The number of fused-ring (bicyclic) bond motifs is 1. The second kappa shape index (κ2) is 8.57. The smallest absolute Gasteiger partial charge is 0.135 e. The fourth-order valence-corrected chi connectivity index (χ4v) is 3.99. The number of hydrogen-bond donors (Lipinski definition) is 0. The SMILES string of the molecule is CN(C)c1ccc(C=Cc2cc3cc(OCC4CCOC(C)(C)C4)ccc3o2)cc1. The topological polar surface area (TPSA) is 34.8 Å². The van der Waals surface area contributed by atoms with Gasteiger partial charge in [-0.2, -0.15) is 0 Å². The van der Waals surface area contributed by atoms with Gasteiger partial charge in [0.2, 0.25) is 0 Å². The highest BCUT2D eigenvalue weighted by molar-refractivity contribution is 5.83. The Hall–Kier alpha value is -2.72. The predicted octanol–water partition coefficient (Wildman–Crippen LogP) is 6.25. The lowest BCUT2D eigenvalue weighted by Crippen LogP contribution is -2.36. The van der Waals surface area contributed by atoms with E-state index in [4.69, 9.17) is 13.9 Å². The maximum absolute atomic E-state index is 6.10. The van der Waals surface area contributed by atoms with Crippen LogP contribution in [-0.4, -0.2) is 32.9 Å². The maximum Gasteiger partial charge on any atom is 0.135 e. The standard InChI is InChI=1S/C26H31NO3/c1-26(2)17-20(13-14-29-26)18-28-23-11-12-25-21(15-23)16-24(30-25)10-7-19-5-8-22(9-6-19)27(3)4/h5-12,15-16,20H,13-14,17-18H2,1-4H3. The van der Waals surface area contributed by atoms with Crippen molar-refractivity contribution >= 4 is 28.8 Å². The molecule has 0 N–H and O–H groups in total. The summed E-state index contributed by atoms with van der Waals surface area (Å²) in [6, 6.07) is 16.5. The molecule has 2 heterocycles. The summed E-state index contributed by atoms with van der Waals surface area (Å²) in [7, 11) is 4.09. The van der Waals surface area contributed by atoms with Gasteiger partial charge in [-0.05, 0) is 80.6 Å². The van der Waals surface area contributed by atoms with Crippen LogP contribution in [0.3, 0.4) is 0 Å². The Morgan fingerprint density at radius 3 is 2.60 bits per heavy atom. The number of rotatable bonds is 6. The first kappa shape index (κ1) is 20.5. The first-order valence-corrected chi connectivity index (χ1v) is 10.6. The van der Waals surface area contributed by atoms with Gasteiger partial charge in [0.15, 0.2) is 0 Å². The molecule has 1 saturated heterocycles. The van der Waals surface area contributed by atoms with Gasteiger partial charge in [-0.25, -0.2) is 0 Å². The molecular weight excluding hydrogens is 374 g/mol. The number of ether oxygens (including phenoxy) is 2.